The largest absolute Gasteiger partial charge is 0.481 e. The molecule has 0 bridgehead atoms. The van der Waals surface area contributed by atoms with Gasteiger partial charge in [0.1, 0.15) is 10.3 Å². The molecule has 1 aromatic heterocycles. The molecule has 0 aromatic carbocycles. The number of amides is 1. The third kappa shape index (κ3) is 2.82. The smallest absolute Gasteiger partial charge is 0.308 e. The van der Waals surface area contributed by atoms with Crippen LogP contribution in [0.4, 0.5) is 0 Å². The number of carbonyl (C=O) groups is 2. The van der Waals surface area contributed by atoms with E-state index in [9.17, 15) is 9.59 Å². The Morgan fingerprint density at radius 1 is 1.37 bits per heavy atom. The fraction of sp³-hybridized carbons (Fsp3) is 0.417. The fourth-order valence-corrected chi connectivity index (χ4v) is 2.62. The summed E-state index contributed by atoms with van der Waals surface area (Å²) in [6.45, 7) is 2.40. The number of hydrogen-bond donors (Lipinski definition) is 1. The van der Waals surface area contributed by atoms with E-state index < -0.39 is 11.9 Å². The van der Waals surface area contributed by atoms with Crippen molar-refractivity contribution in [2.24, 2.45) is 11.8 Å². The molecule has 5 nitrogen and oxygen atoms in total. The number of rotatable bonds is 2. The molecule has 0 spiro atoms. The normalized spacial score (nSPS) is 22.6. The van der Waals surface area contributed by atoms with Gasteiger partial charge in [-0.2, -0.15) is 0 Å². The predicted molar refractivity (Wildman–Crippen MR) is 70.5 cm³/mol. The Balaban J connectivity index is 2.19. The van der Waals surface area contributed by atoms with E-state index in [0.29, 0.717) is 6.54 Å². The zero-order valence-electron chi connectivity index (χ0n) is 10.1. The lowest BCUT2D eigenvalue weighted by Gasteiger charge is -2.16. The fourth-order valence-electron chi connectivity index (χ4n) is 2.20. The minimum Gasteiger partial charge on any atom is -0.481 e. The molecule has 2 rings (SSSR count). The maximum absolute atomic E-state index is 12.3. The number of halogens is 2. The minimum atomic E-state index is -0.886. The second-order valence-electron chi connectivity index (χ2n) is 4.60. The molecule has 0 unspecified atom stereocenters. The zero-order valence-corrected chi connectivity index (χ0v) is 11.6. The predicted octanol–water partition coefficient (Wildman–Crippen LogP) is 2.18. The Morgan fingerprint density at radius 2 is 2.05 bits per heavy atom. The molecule has 102 valence electrons. The maximum Gasteiger partial charge on any atom is 0.308 e. The molecule has 1 fully saturated rings. The zero-order chi connectivity index (χ0) is 14.2. The second kappa shape index (κ2) is 5.35. The summed E-state index contributed by atoms with van der Waals surface area (Å²) >= 11 is 11.5. The molecule has 0 saturated carbocycles. The van der Waals surface area contributed by atoms with Gasteiger partial charge < -0.3 is 10.0 Å². The van der Waals surface area contributed by atoms with E-state index in [0.717, 1.165) is 0 Å². The molecule has 0 aliphatic carbocycles. The molecular formula is C12H12Cl2N2O3. The number of likely N-dealkylation sites (tertiary alicyclic amines) is 1. The summed E-state index contributed by atoms with van der Waals surface area (Å²) in [5, 5.41) is 9.29. The van der Waals surface area contributed by atoms with Gasteiger partial charge in [-0.05, 0) is 18.1 Å². The molecule has 1 aliphatic heterocycles. The number of aliphatic carboxylic acids is 1. The standard InChI is InChI=1S/C12H12Cl2N2O3/c1-6-4-16(5-8(6)12(18)19)11(17)7-2-3-9(13)15-10(7)14/h2-3,6,8H,4-5H2,1H3,(H,18,19)/t6-,8-/m1/s1. The summed E-state index contributed by atoms with van der Waals surface area (Å²) in [5.74, 6) is -1.82. The van der Waals surface area contributed by atoms with Crippen LogP contribution in [0, 0.1) is 11.8 Å². The molecule has 1 N–H and O–H groups in total. The lowest BCUT2D eigenvalue weighted by atomic mass is 9.99. The Kier molecular flexibility index (Phi) is 3.96. The van der Waals surface area contributed by atoms with Gasteiger partial charge in [0.2, 0.25) is 0 Å². The number of aromatic nitrogens is 1. The Hall–Kier alpha value is -1.33. The highest BCUT2D eigenvalue weighted by atomic mass is 35.5. The van der Waals surface area contributed by atoms with Gasteiger partial charge in [0.25, 0.3) is 5.91 Å². The van der Waals surface area contributed by atoms with E-state index in [1.165, 1.54) is 17.0 Å². The SMILES string of the molecule is C[C@@H]1CN(C(=O)c2ccc(Cl)nc2Cl)C[C@H]1C(=O)O. The van der Waals surface area contributed by atoms with Gasteiger partial charge in [-0.1, -0.05) is 30.1 Å². The van der Waals surface area contributed by atoms with E-state index >= 15 is 0 Å². The molecule has 0 radical (unpaired) electrons. The van der Waals surface area contributed by atoms with Crippen molar-refractivity contribution >= 4 is 35.1 Å². The highest BCUT2D eigenvalue weighted by molar-refractivity contribution is 6.34. The van der Waals surface area contributed by atoms with Crippen molar-refractivity contribution in [2.45, 2.75) is 6.92 Å². The van der Waals surface area contributed by atoms with Crippen LogP contribution in [-0.2, 0) is 4.79 Å². The van der Waals surface area contributed by atoms with Gasteiger partial charge in [-0.3, -0.25) is 9.59 Å². The first-order chi connectivity index (χ1) is 8.90. The number of carbonyl (C=O) groups excluding carboxylic acids is 1. The van der Waals surface area contributed by atoms with Crippen molar-refractivity contribution in [3.63, 3.8) is 0 Å². The van der Waals surface area contributed by atoms with Gasteiger partial charge in [0.15, 0.2) is 0 Å². The van der Waals surface area contributed by atoms with Crippen molar-refractivity contribution in [2.75, 3.05) is 13.1 Å². The van der Waals surface area contributed by atoms with Crippen molar-refractivity contribution in [1.29, 1.82) is 0 Å². The summed E-state index contributed by atoms with van der Waals surface area (Å²) in [7, 11) is 0. The molecule has 7 heteroatoms. The average Bonchev–Trinajstić information content (AvgIpc) is 2.70. The first kappa shape index (κ1) is 14.1. The topological polar surface area (TPSA) is 70.5 Å². The van der Waals surface area contributed by atoms with Crippen LogP contribution in [-0.4, -0.2) is 40.0 Å². The monoisotopic (exact) mass is 302 g/mol. The van der Waals surface area contributed by atoms with Crippen molar-refractivity contribution in [3.05, 3.63) is 28.0 Å². The van der Waals surface area contributed by atoms with Crippen molar-refractivity contribution in [1.82, 2.24) is 9.88 Å². The Labute approximate surface area is 120 Å². The summed E-state index contributed by atoms with van der Waals surface area (Å²) in [6, 6.07) is 2.98. The van der Waals surface area contributed by atoms with Gasteiger partial charge in [-0.25, -0.2) is 4.98 Å². The number of hydrogen-bond acceptors (Lipinski definition) is 3. The lowest BCUT2D eigenvalue weighted by Crippen LogP contribution is -2.30. The van der Waals surface area contributed by atoms with Crippen molar-refractivity contribution in [3.8, 4) is 0 Å². The molecular weight excluding hydrogens is 291 g/mol. The molecule has 1 saturated heterocycles. The van der Waals surface area contributed by atoms with E-state index in [2.05, 4.69) is 4.98 Å². The number of pyridine rings is 1. The quantitative estimate of drug-likeness (QED) is 0.850. The van der Waals surface area contributed by atoms with Crippen molar-refractivity contribution < 1.29 is 14.7 Å². The lowest BCUT2D eigenvalue weighted by molar-refractivity contribution is -0.142. The highest BCUT2D eigenvalue weighted by Gasteiger charge is 2.37. The number of carboxylic acids is 1. The summed E-state index contributed by atoms with van der Waals surface area (Å²) in [6.07, 6.45) is 0. The molecule has 1 aliphatic rings. The van der Waals surface area contributed by atoms with Crippen LogP contribution in [0.5, 0.6) is 0 Å². The third-order valence-electron chi connectivity index (χ3n) is 3.26. The van der Waals surface area contributed by atoms with Gasteiger partial charge in [-0.15, -0.1) is 0 Å². The molecule has 2 atom stereocenters. The third-order valence-corrected chi connectivity index (χ3v) is 3.76. The van der Waals surface area contributed by atoms with Crippen LogP contribution in [0.1, 0.15) is 17.3 Å². The van der Waals surface area contributed by atoms with Crippen LogP contribution in [0.2, 0.25) is 10.3 Å². The van der Waals surface area contributed by atoms with Gasteiger partial charge in [0, 0.05) is 13.1 Å². The summed E-state index contributed by atoms with van der Waals surface area (Å²) in [5.41, 5.74) is 0.240. The summed E-state index contributed by atoms with van der Waals surface area (Å²) in [4.78, 5) is 28.6. The minimum absolute atomic E-state index is 0.0314. The first-order valence-electron chi connectivity index (χ1n) is 5.74. The molecule has 1 aromatic rings. The molecule has 2 heterocycles. The number of carboxylic acid groups (broad SMARTS) is 1. The van der Waals surface area contributed by atoms with Gasteiger partial charge >= 0.3 is 5.97 Å². The Bertz CT molecular complexity index is 536. The number of nitrogens with zero attached hydrogens (tertiary/aromatic N) is 2. The maximum atomic E-state index is 12.3. The summed E-state index contributed by atoms with van der Waals surface area (Å²) < 4.78 is 0. The molecule has 1 amide bonds. The molecule has 19 heavy (non-hydrogen) atoms. The average molecular weight is 303 g/mol. The van der Waals surface area contributed by atoms with Crippen LogP contribution in [0.3, 0.4) is 0 Å². The van der Waals surface area contributed by atoms with Gasteiger partial charge in [0.05, 0.1) is 11.5 Å². The highest BCUT2D eigenvalue weighted by Crippen LogP contribution is 2.26. The van der Waals surface area contributed by atoms with Crippen LogP contribution < -0.4 is 0 Å². The van der Waals surface area contributed by atoms with E-state index in [4.69, 9.17) is 28.3 Å². The van der Waals surface area contributed by atoms with E-state index in [1.807, 2.05) is 6.92 Å². The Morgan fingerprint density at radius 3 is 2.58 bits per heavy atom. The van der Waals surface area contributed by atoms with Crippen LogP contribution in [0.15, 0.2) is 12.1 Å². The van der Waals surface area contributed by atoms with E-state index in [1.54, 1.807) is 0 Å². The van der Waals surface area contributed by atoms with Crippen LogP contribution >= 0.6 is 23.2 Å². The van der Waals surface area contributed by atoms with E-state index in [-0.39, 0.29) is 34.2 Å². The first-order valence-corrected chi connectivity index (χ1v) is 6.50. The second-order valence-corrected chi connectivity index (χ2v) is 5.35. The van der Waals surface area contributed by atoms with Crippen LogP contribution in [0.25, 0.3) is 0 Å².